The molecule has 0 aliphatic heterocycles. The van der Waals surface area contributed by atoms with E-state index < -0.39 is 17.7 Å². The van der Waals surface area contributed by atoms with Gasteiger partial charge in [-0.2, -0.15) is 0 Å². The van der Waals surface area contributed by atoms with Gasteiger partial charge >= 0.3 is 6.09 Å². The summed E-state index contributed by atoms with van der Waals surface area (Å²) < 4.78 is 5.34. The second-order valence-corrected chi connectivity index (χ2v) is 8.09. The number of hydrogen-bond acceptors (Lipinski definition) is 4. The maximum absolute atomic E-state index is 12.8. The molecular weight excluding hydrogens is 380 g/mol. The molecule has 3 rings (SSSR count). The Morgan fingerprint density at radius 1 is 1.03 bits per heavy atom. The van der Waals surface area contributed by atoms with Gasteiger partial charge in [0.1, 0.15) is 11.6 Å². The Morgan fingerprint density at radius 2 is 1.73 bits per heavy atom. The lowest BCUT2D eigenvalue weighted by molar-refractivity contribution is -0.124. The molecule has 4 N–H and O–H groups in total. The van der Waals surface area contributed by atoms with E-state index >= 15 is 0 Å². The van der Waals surface area contributed by atoms with Gasteiger partial charge in [0.05, 0.1) is 0 Å². The van der Waals surface area contributed by atoms with Crippen molar-refractivity contribution in [2.24, 2.45) is 0 Å². The van der Waals surface area contributed by atoms with Gasteiger partial charge in [-0.3, -0.25) is 10.2 Å². The van der Waals surface area contributed by atoms with Crippen LogP contribution in [0.15, 0.2) is 60.8 Å². The summed E-state index contributed by atoms with van der Waals surface area (Å²) in [4.78, 5) is 28.4. The number of rotatable bonds is 7. The van der Waals surface area contributed by atoms with Gasteiger partial charge in [0, 0.05) is 30.1 Å². The number of hydrazine groups is 1. The van der Waals surface area contributed by atoms with Crippen molar-refractivity contribution >= 4 is 22.9 Å². The predicted octanol–water partition coefficient (Wildman–Crippen LogP) is 3.42. The normalized spacial score (nSPS) is 12.4. The number of nitrogens with one attached hydrogen (secondary N) is 4. The number of aromatic nitrogens is 1. The Labute approximate surface area is 176 Å². The summed E-state index contributed by atoms with van der Waals surface area (Å²) >= 11 is 0. The van der Waals surface area contributed by atoms with Crippen LogP contribution in [-0.4, -0.2) is 28.6 Å². The van der Waals surface area contributed by atoms with Gasteiger partial charge in [-0.1, -0.05) is 48.5 Å². The molecule has 2 aromatic carbocycles. The van der Waals surface area contributed by atoms with Gasteiger partial charge < -0.3 is 15.0 Å². The molecule has 1 aromatic heterocycles. The number of fused-ring (bicyclic) bond motifs is 1. The van der Waals surface area contributed by atoms with Crippen molar-refractivity contribution in [1.29, 1.82) is 0 Å². The molecule has 7 nitrogen and oxygen atoms in total. The van der Waals surface area contributed by atoms with Crippen molar-refractivity contribution in [3.63, 3.8) is 0 Å². The smallest absolute Gasteiger partial charge is 0.408 e. The van der Waals surface area contributed by atoms with E-state index in [4.69, 9.17) is 4.74 Å². The van der Waals surface area contributed by atoms with E-state index in [1.54, 1.807) is 20.8 Å². The van der Waals surface area contributed by atoms with Gasteiger partial charge in [-0.05, 0) is 38.0 Å². The summed E-state index contributed by atoms with van der Waals surface area (Å²) in [6.07, 6.45) is 1.55. The first-order valence-electron chi connectivity index (χ1n) is 9.93. The molecule has 1 heterocycles. The Balaban J connectivity index is 1.69. The number of hydrogen-bond donors (Lipinski definition) is 4. The second-order valence-electron chi connectivity index (χ2n) is 8.09. The lowest BCUT2D eigenvalue weighted by Crippen LogP contribution is -2.52. The highest BCUT2D eigenvalue weighted by Gasteiger charge is 2.25. The number of carbonyl (C=O) groups is 2. The van der Waals surface area contributed by atoms with Gasteiger partial charge in [0.2, 0.25) is 0 Å². The number of amides is 2. The minimum Gasteiger partial charge on any atom is -0.444 e. The molecule has 0 bridgehead atoms. The Kier molecular flexibility index (Phi) is 6.74. The van der Waals surface area contributed by atoms with Crippen LogP contribution in [0.5, 0.6) is 0 Å². The van der Waals surface area contributed by atoms with Crippen molar-refractivity contribution < 1.29 is 14.3 Å². The summed E-state index contributed by atoms with van der Waals surface area (Å²) in [6, 6.07) is 16.8. The molecular formula is C23H28N4O3. The molecule has 3 aromatic rings. The predicted molar refractivity (Wildman–Crippen MR) is 117 cm³/mol. The molecule has 0 fully saturated rings. The van der Waals surface area contributed by atoms with Crippen molar-refractivity contribution in [3.05, 3.63) is 71.9 Å². The van der Waals surface area contributed by atoms with E-state index in [9.17, 15) is 9.59 Å². The van der Waals surface area contributed by atoms with E-state index in [-0.39, 0.29) is 5.91 Å². The van der Waals surface area contributed by atoms with Gasteiger partial charge in [-0.15, -0.1) is 0 Å². The summed E-state index contributed by atoms with van der Waals surface area (Å²) in [6.45, 7) is 5.81. The lowest BCUT2D eigenvalue weighted by atomic mass is 10.0. The number of aromatic amines is 1. The number of para-hydroxylation sites is 1. The summed E-state index contributed by atoms with van der Waals surface area (Å²) in [5, 5.41) is 3.71. The van der Waals surface area contributed by atoms with E-state index in [0.29, 0.717) is 13.0 Å². The zero-order valence-corrected chi connectivity index (χ0v) is 17.5. The molecule has 2 amide bonds. The largest absolute Gasteiger partial charge is 0.444 e. The minimum atomic E-state index is -0.803. The number of benzene rings is 2. The summed E-state index contributed by atoms with van der Waals surface area (Å²) in [7, 11) is 0. The Morgan fingerprint density at radius 3 is 2.47 bits per heavy atom. The minimum absolute atomic E-state index is 0.322. The monoisotopic (exact) mass is 408 g/mol. The summed E-state index contributed by atoms with van der Waals surface area (Å²) in [5.41, 5.74) is 7.90. The topological polar surface area (TPSA) is 95.2 Å². The third-order valence-corrected chi connectivity index (χ3v) is 4.45. The fourth-order valence-corrected chi connectivity index (χ4v) is 3.10. The van der Waals surface area contributed by atoms with Crippen LogP contribution in [0.25, 0.3) is 10.9 Å². The molecule has 0 saturated carbocycles. The molecule has 1 atom stereocenters. The summed E-state index contributed by atoms with van der Waals surface area (Å²) in [5.74, 6) is -0.345. The Bertz CT molecular complexity index is 992. The van der Waals surface area contributed by atoms with Crippen molar-refractivity contribution in [2.75, 3.05) is 0 Å². The van der Waals surface area contributed by atoms with E-state index in [2.05, 4.69) is 21.2 Å². The average Bonchev–Trinajstić information content (AvgIpc) is 3.10. The van der Waals surface area contributed by atoms with E-state index in [1.807, 2.05) is 60.8 Å². The van der Waals surface area contributed by atoms with Crippen molar-refractivity contribution in [2.45, 2.75) is 45.4 Å². The van der Waals surface area contributed by atoms with Crippen LogP contribution in [0.3, 0.4) is 0 Å². The number of carbonyl (C=O) groups excluding carboxylic acids is 2. The molecule has 0 saturated heterocycles. The average molecular weight is 409 g/mol. The molecule has 0 unspecified atom stereocenters. The van der Waals surface area contributed by atoms with Crippen LogP contribution >= 0.6 is 0 Å². The third kappa shape index (κ3) is 6.09. The number of ether oxygens (including phenoxy) is 1. The molecule has 158 valence electrons. The van der Waals surface area contributed by atoms with Crippen LogP contribution < -0.4 is 16.2 Å². The molecule has 0 aliphatic rings. The van der Waals surface area contributed by atoms with Crippen LogP contribution in [0.4, 0.5) is 4.79 Å². The van der Waals surface area contributed by atoms with E-state index in [0.717, 1.165) is 22.0 Å². The molecule has 7 heteroatoms. The SMILES string of the molecule is CC(C)(C)OC(=O)N[C@@H](Cc1c[nH]c2ccccc12)C(=O)NNCc1ccccc1. The molecule has 0 aliphatic carbocycles. The first kappa shape index (κ1) is 21.4. The third-order valence-electron chi connectivity index (χ3n) is 4.45. The Hall–Kier alpha value is -3.32. The molecule has 0 radical (unpaired) electrons. The van der Waals surface area contributed by atoms with Gasteiger partial charge in [0.15, 0.2) is 0 Å². The number of alkyl carbamates (subject to hydrolysis) is 1. The van der Waals surface area contributed by atoms with Crippen LogP contribution in [0, 0.1) is 0 Å². The van der Waals surface area contributed by atoms with Crippen molar-refractivity contribution in [1.82, 2.24) is 21.2 Å². The maximum atomic E-state index is 12.8. The first-order valence-corrected chi connectivity index (χ1v) is 9.93. The van der Waals surface area contributed by atoms with Crippen molar-refractivity contribution in [3.8, 4) is 0 Å². The quantitative estimate of drug-likeness (QED) is 0.451. The zero-order chi connectivity index (χ0) is 21.6. The highest BCUT2D eigenvalue weighted by Crippen LogP contribution is 2.19. The standard InChI is InChI=1S/C23H28N4O3/c1-23(2,3)30-22(29)26-20(13-17-15-24-19-12-8-7-11-18(17)19)21(28)27-25-14-16-9-5-4-6-10-16/h4-12,15,20,24-25H,13-14H2,1-3H3,(H,26,29)(H,27,28)/t20-/m0/s1. The van der Waals surface area contributed by atoms with Crippen LogP contribution in [0.1, 0.15) is 31.9 Å². The van der Waals surface area contributed by atoms with Crippen LogP contribution in [-0.2, 0) is 22.5 Å². The highest BCUT2D eigenvalue weighted by molar-refractivity contribution is 5.88. The second kappa shape index (κ2) is 9.45. The lowest BCUT2D eigenvalue weighted by Gasteiger charge is -2.23. The zero-order valence-electron chi connectivity index (χ0n) is 17.5. The molecule has 30 heavy (non-hydrogen) atoms. The fourth-order valence-electron chi connectivity index (χ4n) is 3.10. The molecule has 0 spiro atoms. The maximum Gasteiger partial charge on any atom is 0.408 e. The van der Waals surface area contributed by atoms with Gasteiger partial charge in [0.25, 0.3) is 5.91 Å². The van der Waals surface area contributed by atoms with E-state index in [1.165, 1.54) is 0 Å². The number of H-pyrrole nitrogens is 1. The van der Waals surface area contributed by atoms with Crippen LogP contribution in [0.2, 0.25) is 0 Å². The first-order chi connectivity index (χ1) is 14.3. The fraction of sp³-hybridized carbons (Fsp3) is 0.304. The van der Waals surface area contributed by atoms with Gasteiger partial charge in [-0.25, -0.2) is 10.2 Å². The highest BCUT2D eigenvalue weighted by atomic mass is 16.6.